The first-order valence-electron chi connectivity index (χ1n) is 12.3. The maximum absolute atomic E-state index is 8.32. The molecule has 1 aromatic heterocycles. The van der Waals surface area contributed by atoms with Gasteiger partial charge in [0.15, 0.2) is 6.20 Å². The number of rotatable bonds is 2. The van der Waals surface area contributed by atoms with Crippen molar-refractivity contribution in [2.75, 3.05) is 0 Å². The minimum atomic E-state index is -3.13. The Balaban J connectivity index is 2.77. The SMILES string of the molecule is [2H]C([2H])([2H])c1cc(-c2ccc(C([2H])(C([2H])([2H])[2H])C([2H])([2H])[2H])cc2C)[n+](C)cc1C([2H])([2H])[2H]. The van der Waals surface area contributed by atoms with E-state index in [1.54, 1.807) is 14.0 Å². The molecule has 2 rings (SSSR count). The van der Waals surface area contributed by atoms with Gasteiger partial charge < -0.3 is 0 Å². The van der Waals surface area contributed by atoms with E-state index >= 15 is 0 Å². The number of hydrogen-bond acceptors (Lipinski definition) is 0. The van der Waals surface area contributed by atoms with E-state index in [9.17, 15) is 0 Å². The second-order valence-corrected chi connectivity index (χ2v) is 4.50. The van der Waals surface area contributed by atoms with Crippen molar-refractivity contribution in [3.63, 3.8) is 0 Å². The average molecular weight is 267 g/mol. The van der Waals surface area contributed by atoms with Gasteiger partial charge in [0.25, 0.3) is 0 Å². The molecular weight excluding hydrogens is 230 g/mol. The number of aryl methyl sites for hydroxylation is 4. The van der Waals surface area contributed by atoms with Crippen molar-refractivity contribution in [2.24, 2.45) is 7.05 Å². The Bertz CT molecular complexity index is 996. The fourth-order valence-electron chi connectivity index (χ4n) is 2.02. The molecule has 1 aromatic carbocycles. The van der Waals surface area contributed by atoms with Gasteiger partial charge in [0.1, 0.15) is 7.05 Å². The van der Waals surface area contributed by atoms with Gasteiger partial charge in [0.2, 0.25) is 5.69 Å². The smallest absolute Gasteiger partial charge is 0.201 e. The van der Waals surface area contributed by atoms with Gasteiger partial charge in [0, 0.05) is 35.0 Å². The first-order valence-corrected chi connectivity index (χ1v) is 5.78. The van der Waals surface area contributed by atoms with Gasteiger partial charge >= 0.3 is 0 Å². The summed E-state index contributed by atoms with van der Waals surface area (Å²) in [5.41, 5.74) is 0.309. The monoisotopic (exact) mass is 267 g/mol. The van der Waals surface area contributed by atoms with Crippen LogP contribution in [0.3, 0.4) is 0 Å². The topological polar surface area (TPSA) is 3.88 Å². The molecule has 2 aromatic rings. The molecule has 0 aliphatic rings. The summed E-state index contributed by atoms with van der Waals surface area (Å²) in [4.78, 5) is 0. The lowest BCUT2D eigenvalue weighted by atomic mass is 9.95. The molecule has 1 heterocycles. The lowest BCUT2D eigenvalue weighted by Crippen LogP contribution is -2.31. The van der Waals surface area contributed by atoms with Gasteiger partial charge in [-0.25, -0.2) is 4.57 Å². The maximum atomic E-state index is 8.32. The van der Waals surface area contributed by atoms with Crippen LogP contribution in [0.2, 0.25) is 0 Å². The summed E-state index contributed by atoms with van der Waals surface area (Å²) in [6, 6.07) is 5.17. The van der Waals surface area contributed by atoms with Crippen molar-refractivity contribution in [1.29, 1.82) is 0 Å². The van der Waals surface area contributed by atoms with Crippen LogP contribution in [0.1, 0.15) is 59.7 Å². The minimum absolute atomic E-state index is 0.225. The van der Waals surface area contributed by atoms with Crippen LogP contribution < -0.4 is 4.57 Å². The first kappa shape index (κ1) is 4.73. The third kappa shape index (κ3) is 2.70. The summed E-state index contributed by atoms with van der Waals surface area (Å²) in [6.45, 7) is -10.0. The maximum Gasteiger partial charge on any atom is 0.212 e. The summed E-state index contributed by atoms with van der Waals surface area (Å²) in [7, 11) is 1.54. The van der Waals surface area contributed by atoms with Gasteiger partial charge in [-0.15, -0.1) is 0 Å². The highest BCUT2D eigenvalue weighted by Gasteiger charge is 2.14. The molecule has 0 radical (unpaired) electrons. The highest BCUT2D eigenvalue weighted by atomic mass is 14.9. The van der Waals surface area contributed by atoms with Crippen LogP contribution in [0.5, 0.6) is 0 Å². The third-order valence-corrected chi connectivity index (χ3v) is 3.06. The van der Waals surface area contributed by atoms with E-state index in [2.05, 4.69) is 0 Å². The molecular formula is C18H24N+. The van der Waals surface area contributed by atoms with Gasteiger partial charge in [-0.2, -0.15) is 0 Å². The van der Waals surface area contributed by atoms with E-state index in [-0.39, 0.29) is 16.7 Å². The molecule has 100 valence electrons. The molecule has 0 bridgehead atoms. The summed E-state index contributed by atoms with van der Waals surface area (Å²) >= 11 is 0. The minimum Gasteiger partial charge on any atom is -0.201 e. The first-order chi connectivity index (χ1) is 14.1. The molecule has 1 heteroatoms. The van der Waals surface area contributed by atoms with Crippen LogP contribution >= 0.6 is 0 Å². The fourth-order valence-corrected chi connectivity index (χ4v) is 2.02. The summed E-state index contributed by atoms with van der Waals surface area (Å²) in [6.07, 6.45) is 1.22. The Kier molecular flexibility index (Phi) is 1.29. The summed E-state index contributed by atoms with van der Waals surface area (Å²) < 4.78 is 102. The molecule has 0 N–H and O–H groups in total. The van der Waals surface area contributed by atoms with E-state index in [0.29, 0.717) is 16.8 Å². The second kappa shape index (κ2) is 5.16. The lowest BCUT2D eigenvalue weighted by Gasteiger charge is -2.11. The zero-order valence-corrected chi connectivity index (χ0v) is 10.8. The van der Waals surface area contributed by atoms with Gasteiger partial charge in [-0.05, 0) is 49.3 Å². The Morgan fingerprint density at radius 2 is 1.89 bits per heavy atom. The molecule has 0 spiro atoms. The van der Waals surface area contributed by atoms with Crippen molar-refractivity contribution in [1.82, 2.24) is 0 Å². The van der Waals surface area contributed by atoms with Crippen LogP contribution in [0.15, 0.2) is 30.5 Å². The van der Waals surface area contributed by atoms with Crippen molar-refractivity contribution in [3.05, 3.63) is 52.7 Å². The zero-order chi connectivity index (χ0) is 25.1. The Labute approximate surface area is 135 Å². The predicted octanol–water partition coefficient (Wildman–Crippen LogP) is 4.23. The molecule has 0 unspecified atom stereocenters. The summed E-state index contributed by atoms with van der Waals surface area (Å²) in [5.74, 6) is -2.86. The number of nitrogens with zero attached hydrogens (tertiary/aromatic N) is 1. The van der Waals surface area contributed by atoms with Crippen molar-refractivity contribution >= 4 is 0 Å². The molecule has 0 atom stereocenters. The van der Waals surface area contributed by atoms with E-state index in [1.165, 1.54) is 35.0 Å². The zero-order valence-electron chi connectivity index (χ0n) is 23.8. The average Bonchev–Trinajstić information content (AvgIpc) is 2.57. The Hall–Kier alpha value is -1.63. The molecule has 0 amide bonds. The Morgan fingerprint density at radius 1 is 1.11 bits per heavy atom. The van der Waals surface area contributed by atoms with Gasteiger partial charge in [0.05, 0.1) is 0 Å². The van der Waals surface area contributed by atoms with Crippen LogP contribution in [0, 0.1) is 20.6 Å². The lowest BCUT2D eigenvalue weighted by molar-refractivity contribution is -0.660. The summed E-state index contributed by atoms with van der Waals surface area (Å²) in [5, 5.41) is 0. The van der Waals surface area contributed by atoms with Crippen LogP contribution in [-0.2, 0) is 7.05 Å². The second-order valence-electron chi connectivity index (χ2n) is 4.50. The number of pyridine rings is 1. The van der Waals surface area contributed by atoms with Crippen LogP contribution in [0.25, 0.3) is 11.3 Å². The fraction of sp³-hybridized carbons (Fsp3) is 0.389. The van der Waals surface area contributed by atoms with Crippen molar-refractivity contribution in [2.45, 2.75) is 40.2 Å². The largest absolute Gasteiger partial charge is 0.212 e. The molecule has 0 aliphatic carbocycles. The number of hydrogen-bond donors (Lipinski definition) is 0. The van der Waals surface area contributed by atoms with E-state index in [4.69, 9.17) is 17.8 Å². The standard InChI is InChI=1S/C18H24N/c1-12(2)16-7-8-17(14(4)9-16)18-10-13(3)15(5)11-19(18)6/h7-12H,1-6H3/q+1/i1D3,2D3,3D3,5D3,12D. The highest BCUT2D eigenvalue weighted by Crippen LogP contribution is 2.25. The van der Waals surface area contributed by atoms with Crippen LogP contribution in [-0.4, -0.2) is 0 Å². The Morgan fingerprint density at radius 3 is 2.53 bits per heavy atom. The molecule has 0 fully saturated rings. The number of benzene rings is 1. The predicted molar refractivity (Wildman–Crippen MR) is 81.4 cm³/mol. The van der Waals surface area contributed by atoms with Crippen molar-refractivity contribution in [3.8, 4) is 11.3 Å². The molecule has 0 saturated heterocycles. The van der Waals surface area contributed by atoms with E-state index in [1.807, 2.05) is 0 Å². The third-order valence-electron chi connectivity index (χ3n) is 3.06. The number of aromatic nitrogens is 1. The van der Waals surface area contributed by atoms with Crippen LogP contribution in [0.4, 0.5) is 0 Å². The van der Waals surface area contributed by atoms with E-state index in [0.717, 1.165) is 0 Å². The van der Waals surface area contributed by atoms with Gasteiger partial charge in [-0.1, -0.05) is 25.8 Å². The molecule has 1 nitrogen and oxygen atoms in total. The van der Waals surface area contributed by atoms with E-state index < -0.39 is 33.3 Å². The molecule has 19 heavy (non-hydrogen) atoms. The molecule has 0 saturated carbocycles. The quantitative estimate of drug-likeness (QED) is 0.717. The van der Waals surface area contributed by atoms with Gasteiger partial charge in [-0.3, -0.25) is 0 Å². The normalized spacial score (nSPS) is 24.4. The molecule has 0 aliphatic heterocycles. The van der Waals surface area contributed by atoms with Crippen molar-refractivity contribution < 1.29 is 22.4 Å². The highest BCUT2D eigenvalue weighted by molar-refractivity contribution is 5.62.